The van der Waals surface area contributed by atoms with Crippen molar-refractivity contribution in [1.82, 2.24) is 0 Å². The molecule has 2 rings (SSSR count). The van der Waals surface area contributed by atoms with E-state index in [2.05, 4.69) is 83.7 Å². The zero-order valence-electron chi connectivity index (χ0n) is 16.3. The highest BCUT2D eigenvalue weighted by molar-refractivity contribution is 8.22. The zero-order chi connectivity index (χ0) is 20.9. The largest absolute Gasteiger partial charge is 0.282 e. The molecule has 0 amide bonds. The average molecular weight is 545 g/mol. The van der Waals surface area contributed by atoms with Gasteiger partial charge in [-0.1, -0.05) is 36.7 Å². The summed E-state index contributed by atoms with van der Waals surface area (Å²) in [5, 5.41) is 2.59. The predicted octanol–water partition coefficient (Wildman–Crippen LogP) is 6.43. The molecule has 2 fully saturated rings. The smallest absolute Gasteiger partial charge is 0.211 e. The minimum Gasteiger partial charge on any atom is -0.282 e. The Balaban J connectivity index is 1.40. The van der Waals surface area contributed by atoms with E-state index in [9.17, 15) is 9.59 Å². The zero-order valence-corrected chi connectivity index (χ0v) is 22.9. The fourth-order valence-electron chi connectivity index (χ4n) is 2.50. The lowest BCUT2D eigenvalue weighted by Gasteiger charge is -2.10. The number of carbonyl (C=O) groups excluding carboxylic acids is 2. The van der Waals surface area contributed by atoms with E-state index in [0.717, 1.165) is 11.5 Å². The Labute approximate surface area is 209 Å². The third-order valence-electron chi connectivity index (χ3n) is 3.94. The van der Waals surface area contributed by atoms with Gasteiger partial charge in [-0.2, -0.15) is 23.5 Å². The van der Waals surface area contributed by atoms with Gasteiger partial charge in [0.25, 0.3) is 0 Å². The summed E-state index contributed by atoms with van der Waals surface area (Å²) in [5.74, 6) is 6.64. The lowest BCUT2D eigenvalue weighted by atomic mass is 10.5. The number of thioether (sulfide) groups is 8. The van der Waals surface area contributed by atoms with Gasteiger partial charge in [-0.05, 0) is 36.5 Å². The van der Waals surface area contributed by atoms with Crippen LogP contribution in [0.1, 0.15) is 12.8 Å². The van der Waals surface area contributed by atoms with Gasteiger partial charge in [-0.3, -0.25) is 9.59 Å². The minimum absolute atomic E-state index is 0.0956. The van der Waals surface area contributed by atoms with Crippen LogP contribution in [0.5, 0.6) is 0 Å². The Morgan fingerprint density at radius 3 is 1.69 bits per heavy atom. The second kappa shape index (κ2) is 16.3. The van der Waals surface area contributed by atoms with E-state index >= 15 is 0 Å². The van der Waals surface area contributed by atoms with Crippen LogP contribution in [-0.2, 0) is 9.59 Å². The molecule has 4 unspecified atom stereocenters. The molecule has 0 N–H and O–H groups in total. The van der Waals surface area contributed by atoms with Crippen molar-refractivity contribution >= 4 is 104 Å². The van der Waals surface area contributed by atoms with Gasteiger partial charge < -0.3 is 0 Å². The summed E-state index contributed by atoms with van der Waals surface area (Å²) < 4.78 is 1.40. The summed E-state index contributed by atoms with van der Waals surface area (Å²) in [6, 6.07) is 0. The number of rotatable bonds is 14. The number of carbonyl (C=O) groups is 2. The van der Waals surface area contributed by atoms with Gasteiger partial charge in [0.2, 0.25) is 10.2 Å². The lowest BCUT2D eigenvalue weighted by Crippen LogP contribution is -2.06. The number of hydrogen-bond donors (Lipinski definition) is 0. The summed E-state index contributed by atoms with van der Waals surface area (Å²) in [6.07, 6.45) is 5.34. The van der Waals surface area contributed by atoms with E-state index in [1.807, 2.05) is 0 Å². The molecule has 0 spiro atoms. The maximum absolute atomic E-state index is 11.3. The Morgan fingerprint density at radius 1 is 0.828 bits per heavy atom. The minimum atomic E-state index is 0.0956. The van der Waals surface area contributed by atoms with Crippen LogP contribution >= 0.6 is 94.1 Å². The molecule has 0 radical (unpaired) electrons. The molecule has 0 bridgehead atoms. The van der Waals surface area contributed by atoms with E-state index < -0.39 is 0 Å². The SMILES string of the molecule is C=CC(=O)SCC1CSC(CCSCSCCC2SCC(CSC(=O)C=C)S2)S1. The second-order valence-electron chi connectivity index (χ2n) is 6.22. The molecule has 2 heterocycles. The third-order valence-corrected chi connectivity index (χ3v) is 15.6. The lowest BCUT2D eigenvalue weighted by molar-refractivity contribution is -0.107. The van der Waals surface area contributed by atoms with E-state index in [4.69, 9.17) is 0 Å². The quantitative estimate of drug-likeness (QED) is 0.139. The van der Waals surface area contributed by atoms with Crippen molar-refractivity contribution in [3.05, 3.63) is 25.3 Å². The number of hydrogen-bond acceptors (Lipinski definition) is 10. The molecule has 29 heavy (non-hydrogen) atoms. The van der Waals surface area contributed by atoms with Crippen LogP contribution in [0.25, 0.3) is 0 Å². The molecule has 0 aromatic heterocycles. The second-order valence-corrected chi connectivity index (χ2v) is 16.9. The van der Waals surface area contributed by atoms with Crippen molar-refractivity contribution in [2.75, 3.05) is 39.6 Å². The Kier molecular flexibility index (Phi) is 15.1. The van der Waals surface area contributed by atoms with Gasteiger partial charge in [0.05, 0.1) is 9.16 Å². The van der Waals surface area contributed by atoms with Crippen molar-refractivity contribution in [1.29, 1.82) is 0 Å². The normalized spacial score (nSPS) is 26.5. The standard InChI is InChI=1S/C19H28O2S8/c1-3-16(20)24-9-14-11-26-18(28-14)5-7-22-13-23-8-6-19-27-12-15(29-19)10-25-17(21)4-2/h3-4,14-15,18-19H,1-2,5-13H2. The molecular formula is C19H28O2S8. The predicted molar refractivity (Wildman–Crippen MR) is 150 cm³/mol. The van der Waals surface area contributed by atoms with Crippen LogP contribution in [0, 0.1) is 0 Å². The summed E-state index contributed by atoms with van der Waals surface area (Å²) in [7, 11) is 0. The summed E-state index contributed by atoms with van der Waals surface area (Å²) in [5.41, 5.74) is 0. The highest BCUT2D eigenvalue weighted by Crippen LogP contribution is 2.43. The van der Waals surface area contributed by atoms with Gasteiger partial charge in [0.15, 0.2) is 0 Å². The molecule has 2 saturated heterocycles. The monoisotopic (exact) mass is 544 g/mol. The van der Waals surface area contributed by atoms with Crippen molar-refractivity contribution in [3.63, 3.8) is 0 Å². The van der Waals surface area contributed by atoms with Gasteiger partial charge in [0.1, 0.15) is 0 Å². The molecule has 0 saturated carbocycles. The molecule has 2 aliphatic rings. The van der Waals surface area contributed by atoms with Gasteiger partial charge in [-0.25, -0.2) is 0 Å². The van der Waals surface area contributed by atoms with Gasteiger partial charge in [0, 0.05) is 38.6 Å². The first kappa shape index (κ1) is 26.9. The van der Waals surface area contributed by atoms with E-state index in [1.165, 1.54) is 76.6 Å². The van der Waals surface area contributed by atoms with E-state index in [-0.39, 0.29) is 10.2 Å². The molecule has 10 heteroatoms. The maximum atomic E-state index is 11.3. The fraction of sp³-hybridized carbons (Fsp3) is 0.684. The van der Waals surface area contributed by atoms with E-state index in [1.54, 1.807) is 0 Å². The van der Waals surface area contributed by atoms with Crippen LogP contribution in [0.3, 0.4) is 0 Å². The molecule has 164 valence electrons. The molecular weight excluding hydrogens is 517 g/mol. The highest BCUT2D eigenvalue weighted by Gasteiger charge is 2.27. The first-order valence-corrected chi connectivity index (χ1v) is 17.6. The van der Waals surface area contributed by atoms with Crippen molar-refractivity contribution in [2.24, 2.45) is 0 Å². The Hall–Kier alpha value is 1.62. The summed E-state index contributed by atoms with van der Waals surface area (Å²) in [4.78, 5) is 22.6. The molecule has 0 aromatic carbocycles. The van der Waals surface area contributed by atoms with Crippen molar-refractivity contribution in [2.45, 2.75) is 32.5 Å². The van der Waals surface area contributed by atoms with Crippen molar-refractivity contribution < 1.29 is 9.59 Å². The topological polar surface area (TPSA) is 34.1 Å². The third kappa shape index (κ3) is 11.9. The molecule has 0 aliphatic carbocycles. The van der Waals surface area contributed by atoms with Crippen LogP contribution in [0.4, 0.5) is 0 Å². The summed E-state index contributed by atoms with van der Waals surface area (Å²) in [6.45, 7) is 7.06. The van der Waals surface area contributed by atoms with Crippen molar-refractivity contribution in [3.8, 4) is 0 Å². The fourth-order valence-corrected chi connectivity index (χ4v) is 14.0. The average Bonchev–Trinajstić information content (AvgIpc) is 3.38. The van der Waals surface area contributed by atoms with Crippen LogP contribution in [0.15, 0.2) is 25.3 Å². The van der Waals surface area contributed by atoms with Gasteiger partial charge in [-0.15, -0.1) is 47.0 Å². The molecule has 2 aliphatic heterocycles. The molecule has 2 nitrogen and oxygen atoms in total. The van der Waals surface area contributed by atoms with Gasteiger partial charge >= 0.3 is 0 Å². The van der Waals surface area contributed by atoms with Crippen LogP contribution in [-0.4, -0.2) is 69.5 Å². The Bertz CT molecular complexity index is 498. The first-order chi connectivity index (χ1) is 14.1. The summed E-state index contributed by atoms with van der Waals surface area (Å²) >= 11 is 15.2. The van der Waals surface area contributed by atoms with E-state index in [0.29, 0.717) is 19.7 Å². The first-order valence-electron chi connectivity index (χ1n) is 9.38. The molecule has 0 aromatic rings. The highest BCUT2D eigenvalue weighted by atomic mass is 32.2. The van der Waals surface area contributed by atoms with Crippen LogP contribution < -0.4 is 0 Å². The Morgan fingerprint density at radius 2 is 1.28 bits per heavy atom. The maximum Gasteiger partial charge on any atom is 0.211 e. The van der Waals surface area contributed by atoms with Crippen LogP contribution in [0.2, 0.25) is 0 Å². The molecule has 4 atom stereocenters.